The van der Waals surface area contributed by atoms with Gasteiger partial charge in [-0.3, -0.25) is 9.69 Å². The highest BCUT2D eigenvalue weighted by atomic mass is 32.1. The first-order valence-corrected chi connectivity index (χ1v) is 12.9. The van der Waals surface area contributed by atoms with Crippen LogP contribution in [0, 0.1) is 11.6 Å². The summed E-state index contributed by atoms with van der Waals surface area (Å²) >= 11 is 1.34. The Morgan fingerprint density at radius 2 is 1.92 bits per heavy atom. The topological polar surface area (TPSA) is 99.6 Å². The number of pyridine rings is 1. The third-order valence-corrected chi connectivity index (χ3v) is 6.98. The Kier molecular flexibility index (Phi) is 7.56. The second-order valence-corrected chi connectivity index (χ2v) is 9.60. The number of fused-ring (bicyclic) bond motifs is 1. The van der Waals surface area contributed by atoms with E-state index in [2.05, 4.69) is 35.1 Å². The van der Waals surface area contributed by atoms with Gasteiger partial charge in [0, 0.05) is 45.4 Å². The molecule has 1 aliphatic rings. The van der Waals surface area contributed by atoms with Crippen molar-refractivity contribution < 1.29 is 18.3 Å². The Morgan fingerprint density at radius 1 is 1.11 bits per heavy atom. The number of carbonyl (C=O) groups excluding carboxylic acids is 1. The van der Waals surface area contributed by atoms with Gasteiger partial charge >= 0.3 is 5.97 Å². The number of anilines is 5. The van der Waals surface area contributed by atoms with Crippen molar-refractivity contribution in [3.63, 3.8) is 0 Å². The lowest BCUT2D eigenvalue weighted by Gasteiger charge is -2.34. The minimum Gasteiger partial charge on any atom is -0.465 e. The van der Waals surface area contributed by atoms with Crippen LogP contribution in [0.15, 0.2) is 42.7 Å². The molecule has 1 N–H and O–H groups in total. The summed E-state index contributed by atoms with van der Waals surface area (Å²) in [5.41, 5.74) is 0.901. The first-order chi connectivity index (χ1) is 18.4. The fourth-order valence-corrected chi connectivity index (χ4v) is 4.99. The van der Waals surface area contributed by atoms with Gasteiger partial charge in [-0.15, -0.1) is 0 Å². The van der Waals surface area contributed by atoms with Gasteiger partial charge in [-0.2, -0.15) is 0 Å². The average molecular weight is 541 g/mol. The molecule has 1 fully saturated rings. The smallest absolute Gasteiger partial charge is 0.320 e. The molecule has 0 radical (unpaired) electrons. The zero-order chi connectivity index (χ0) is 26.6. The van der Waals surface area contributed by atoms with Gasteiger partial charge in [0.2, 0.25) is 0 Å². The molecule has 10 nitrogen and oxygen atoms in total. The molecule has 13 heteroatoms. The van der Waals surface area contributed by atoms with E-state index in [0.29, 0.717) is 40.3 Å². The highest BCUT2D eigenvalue weighted by Crippen LogP contribution is 2.31. The molecule has 5 rings (SSSR count). The van der Waals surface area contributed by atoms with Gasteiger partial charge in [0.05, 0.1) is 18.8 Å². The SMILES string of the molecule is CCOC(=O)CN1CCN(c2cc(Nc3nc4ccc(N(C)c5ccc(F)cc5F)nc4s3)ncn2)CC1. The van der Waals surface area contributed by atoms with Crippen LogP contribution >= 0.6 is 11.3 Å². The second-order valence-electron chi connectivity index (χ2n) is 8.62. The highest BCUT2D eigenvalue weighted by Gasteiger charge is 2.21. The van der Waals surface area contributed by atoms with Crippen molar-refractivity contribution in [2.45, 2.75) is 6.92 Å². The second kappa shape index (κ2) is 11.2. The zero-order valence-electron chi connectivity index (χ0n) is 20.9. The van der Waals surface area contributed by atoms with E-state index in [-0.39, 0.29) is 11.7 Å². The maximum Gasteiger partial charge on any atom is 0.320 e. The molecule has 0 saturated carbocycles. The number of esters is 1. The molecular weight excluding hydrogens is 514 g/mol. The molecule has 198 valence electrons. The molecular formula is C25H26F2N8O2S. The number of benzene rings is 1. The number of ether oxygens (including phenoxy) is 1. The van der Waals surface area contributed by atoms with E-state index in [1.165, 1.54) is 29.8 Å². The van der Waals surface area contributed by atoms with E-state index >= 15 is 0 Å². The van der Waals surface area contributed by atoms with Gasteiger partial charge in [0.15, 0.2) is 5.13 Å². The largest absolute Gasteiger partial charge is 0.465 e. The molecule has 0 unspecified atom stereocenters. The maximum atomic E-state index is 14.2. The number of aromatic nitrogens is 4. The summed E-state index contributed by atoms with van der Waals surface area (Å²) in [6.07, 6.45) is 1.50. The van der Waals surface area contributed by atoms with Crippen LogP contribution in [0.2, 0.25) is 0 Å². The molecule has 4 heterocycles. The summed E-state index contributed by atoms with van der Waals surface area (Å²) in [5, 5.41) is 3.82. The predicted molar refractivity (Wildman–Crippen MR) is 142 cm³/mol. The fraction of sp³-hybridized carbons (Fsp3) is 0.320. The number of piperazine rings is 1. The van der Waals surface area contributed by atoms with Crippen molar-refractivity contribution in [1.29, 1.82) is 0 Å². The van der Waals surface area contributed by atoms with E-state index in [9.17, 15) is 13.6 Å². The van der Waals surface area contributed by atoms with Crippen LogP contribution in [0.25, 0.3) is 10.3 Å². The van der Waals surface area contributed by atoms with Crippen LogP contribution in [0.1, 0.15) is 6.92 Å². The molecule has 1 aromatic carbocycles. The number of hydrogen-bond donors (Lipinski definition) is 1. The van der Waals surface area contributed by atoms with Crippen molar-refractivity contribution in [2.75, 3.05) is 61.5 Å². The van der Waals surface area contributed by atoms with E-state index in [0.717, 1.165) is 38.1 Å². The van der Waals surface area contributed by atoms with Gasteiger partial charge in [-0.1, -0.05) is 11.3 Å². The molecule has 4 aromatic rings. The molecule has 1 aliphatic heterocycles. The Bertz CT molecular complexity index is 1440. The molecule has 0 atom stereocenters. The molecule has 0 spiro atoms. The Labute approximate surface area is 221 Å². The average Bonchev–Trinajstić information content (AvgIpc) is 3.30. The summed E-state index contributed by atoms with van der Waals surface area (Å²) in [5.74, 6) is 0.369. The Morgan fingerprint density at radius 3 is 2.68 bits per heavy atom. The first kappa shape index (κ1) is 25.7. The van der Waals surface area contributed by atoms with Gasteiger partial charge in [-0.05, 0) is 31.2 Å². The van der Waals surface area contributed by atoms with Crippen LogP contribution in [-0.4, -0.2) is 77.2 Å². The summed E-state index contributed by atoms with van der Waals surface area (Å²) in [7, 11) is 1.67. The van der Waals surface area contributed by atoms with Crippen LogP contribution < -0.4 is 15.1 Å². The van der Waals surface area contributed by atoms with E-state index in [1.807, 2.05) is 6.07 Å². The number of halogens is 2. The maximum absolute atomic E-state index is 14.2. The van der Waals surface area contributed by atoms with Crippen molar-refractivity contribution in [1.82, 2.24) is 24.8 Å². The normalized spacial score (nSPS) is 14.1. The predicted octanol–water partition coefficient (Wildman–Crippen LogP) is 3.96. The van der Waals surface area contributed by atoms with Gasteiger partial charge in [0.25, 0.3) is 0 Å². The van der Waals surface area contributed by atoms with E-state index in [4.69, 9.17) is 4.74 Å². The van der Waals surface area contributed by atoms with Crippen molar-refractivity contribution in [2.24, 2.45) is 0 Å². The number of hydrogen-bond acceptors (Lipinski definition) is 11. The summed E-state index contributed by atoms with van der Waals surface area (Å²) in [4.78, 5) is 36.1. The van der Waals surface area contributed by atoms with Crippen LogP contribution in [-0.2, 0) is 9.53 Å². The quantitative estimate of drug-likeness (QED) is 0.331. The van der Waals surface area contributed by atoms with Crippen molar-refractivity contribution in [3.8, 4) is 0 Å². The number of nitrogens with zero attached hydrogens (tertiary/aromatic N) is 7. The fourth-order valence-electron chi connectivity index (χ4n) is 4.15. The summed E-state index contributed by atoms with van der Waals surface area (Å²) in [6.45, 7) is 5.39. The minimum atomic E-state index is -0.666. The Balaban J connectivity index is 1.25. The Hall–Kier alpha value is -3.97. The minimum absolute atomic E-state index is 0.207. The van der Waals surface area contributed by atoms with E-state index in [1.54, 1.807) is 31.0 Å². The van der Waals surface area contributed by atoms with Gasteiger partial charge in [0.1, 0.15) is 45.8 Å². The van der Waals surface area contributed by atoms with Crippen LogP contribution in [0.3, 0.4) is 0 Å². The molecule has 3 aromatic heterocycles. The molecule has 38 heavy (non-hydrogen) atoms. The summed E-state index contributed by atoms with van der Waals surface area (Å²) < 4.78 is 32.6. The highest BCUT2D eigenvalue weighted by molar-refractivity contribution is 7.21. The third kappa shape index (κ3) is 5.78. The summed E-state index contributed by atoms with van der Waals surface area (Å²) in [6, 6.07) is 8.83. The number of carbonyl (C=O) groups is 1. The number of thiazole rings is 1. The van der Waals surface area contributed by atoms with E-state index < -0.39 is 11.6 Å². The molecule has 0 amide bonds. The number of rotatable bonds is 8. The van der Waals surface area contributed by atoms with Crippen LogP contribution in [0.4, 0.5) is 37.1 Å². The lowest BCUT2D eigenvalue weighted by molar-refractivity contribution is -0.144. The first-order valence-electron chi connectivity index (χ1n) is 12.1. The lowest BCUT2D eigenvalue weighted by Crippen LogP contribution is -2.48. The third-order valence-electron chi connectivity index (χ3n) is 6.10. The standard InChI is InChI=1S/C25H26F2N8O2S/c1-3-37-23(36)14-34-8-10-35(11-9-34)22-13-20(28-15-29-22)31-25-30-18-5-7-21(32-24(18)38-25)33(2)19-6-4-16(26)12-17(19)27/h4-7,12-13,15H,3,8-11,14H2,1-2H3,(H,28,29,30,31). The van der Waals surface area contributed by atoms with Gasteiger partial charge in [-0.25, -0.2) is 28.7 Å². The number of nitrogens with one attached hydrogen (secondary N) is 1. The molecule has 1 saturated heterocycles. The van der Waals surface area contributed by atoms with Crippen molar-refractivity contribution in [3.05, 3.63) is 54.4 Å². The molecule has 0 aliphatic carbocycles. The molecule has 0 bridgehead atoms. The monoisotopic (exact) mass is 540 g/mol. The van der Waals surface area contributed by atoms with Gasteiger partial charge < -0.3 is 19.9 Å². The zero-order valence-corrected chi connectivity index (χ0v) is 21.7. The van der Waals surface area contributed by atoms with Crippen molar-refractivity contribution >= 4 is 55.9 Å². The van der Waals surface area contributed by atoms with Crippen LogP contribution in [0.5, 0.6) is 0 Å². The lowest BCUT2D eigenvalue weighted by atomic mass is 10.2.